The predicted molar refractivity (Wildman–Crippen MR) is 60.8 cm³/mol. The fourth-order valence-electron chi connectivity index (χ4n) is 1.58. The molecule has 1 unspecified atom stereocenters. The fraction of sp³-hybridized carbons (Fsp3) is 0.273. The van der Waals surface area contributed by atoms with Gasteiger partial charge in [0.2, 0.25) is 0 Å². The minimum absolute atomic E-state index is 0.0778. The van der Waals surface area contributed by atoms with Crippen LogP contribution in [0.2, 0.25) is 0 Å². The van der Waals surface area contributed by atoms with Gasteiger partial charge in [0, 0.05) is 0 Å². The van der Waals surface area contributed by atoms with Crippen LogP contribution in [0.3, 0.4) is 0 Å². The molecule has 0 saturated carbocycles. The van der Waals surface area contributed by atoms with Gasteiger partial charge >= 0.3 is 105 Å². The Bertz CT molecular complexity index is 448. The number of ether oxygens (including phenoxy) is 1. The molecule has 0 spiro atoms. The second-order valence-corrected chi connectivity index (χ2v) is 5.20. The van der Waals surface area contributed by atoms with E-state index in [1.807, 2.05) is 29.7 Å². The number of amides is 1. The van der Waals surface area contributed by atoms with Crippen molar-refractivity contribution >= 4 is 25.9 Å². The molecule has 0 bridgehead atoms. The van der Waals surface area contributed by atoms with Gasteiger partial charge < -0.3 is 0 Å². The van der Waals surface area contributed by atoms with Gasteiger partial charge in [-0.1, -0.05) is 0 Å². The second-order valence-electron chi connectivity index (χ2n) is 3.41. The summed E-state index contributed by atoms with van der Waals surface area (Å²) in [5, 5.41) is 2.84. The van der Waals surface area contributed by atoms with Gasteiger partial charge in [-0.15, -0.1) is 0 Å². The van der Waals surface area contributed by atoms with Crippen molar-refractivity contribution in [3.63, 3.8) is 0 Å². The van der Waals surface area contributed by atoms with Gasteiger partial charge in [0.05, 0.1) is 0 Å². The first-order valence-corrected chi connectivity index (χ1v) is 8.16. The molecule has 1 aliphatic rings. The molecule has 0 saturated heterocycles. The quantitative estimate of drug-likeness (QED) is 0.847. The van der Waals surface area contributed by atoms with Gasteiger partial charge in [-0.2, -0.15) is 0 Å². The fourth-order valence-corrected chi connectivity index (χ4v) is 2.68. The number of carbonyl (C=O) groups is 1. The van der Waals surface area contributed by atoms with E-state index in [-0.39, 0.29) is 21.6 Å². The molecule has 1 aliphatic heterocycles. The second kappa shape index (κ2) is 5.07. The number of anilines is 1. The summed E-state index contributed by atoms with van der Waals surface area (Å²) in [6.07, 6.45) is 0.265. The molecule has 1 atom stereocenters. The van der Waals surface area contributed by atoms with Crippen LogP contribution in [-0.4, -0.2) is 16.6 Å². The number of rotatable bonds is 2. The molecular formula is C11H11ClNO2Ru. The monoisotopic (exact) mass is 326 g/mol. The van der Waals surface area contributed by atoms with E-state index in [1.54, 1.807) is 0 Å². The number of carbonyl (C=O) groups excluding carboxylic acids is 1. The molecule has 1 amide bonds. The predicted octanol–water partition coefficient (Wildman–Crippen LogP) is 2.18. The van der Waals surface area contributed by atoms with Crippen molar-refractivity contribution in [1.82, 2.24) is 0 Å². The summed E-state index contributed by atoms with van der Waals surface area (Å²) in [5.74, 6) is 0.662. The molecule has 0 aromatic heterocycles. The summed E-state index contributed by atoms with van der Waals surface area (Å²) < 4.78 is 7.65. The Balaban J connectivity index is 2.43. The first kappa shape index (κ1) is 11.7. The number of halogens is 1. The van der Waals surface area contributed by atoms with Crippen molar-refractivity contribution in [3.8, 4) is 5.75 Å². The van der Waals surface area contributed by atoms with Crippen LogP contribution in [0.1, 0.15) is 18.9 Å². The molecule has 1 N–H and O–H groups in total. The van der Waals surface area contributed by atoms with E-state index in [4.69, 9.17) is 14.4 Å². The number of hydrogen-bond acceptors (Lipinski definition) is 2. The Morgan fingerprint density at radius 3 is 3.12 bits per heavy atom. The van der Waals surface area contributed by atoms with E-state index in [2.05, 4.69) is 5.32 Å². The van der Waals surface area contributed by atoms with Crippen LogP contribution in [0.4, 0.5) is 5.69 Å². The summed E-state index contributed by atoms with van der Waals surface area (Å²) in [6, 6.07) is 5.66. The zero-order valence-corrected chi connectivity index (χ0v) is 11.1. The summed E-state index contributed by atoms with van der Waals surface area (Å²) in [7, 11) is 5.77. The Kier molecular flexibility index (Phi) is 3.72. The normalized spacial score (nSPS) is 19.6. The zero-order valence-electron chi connectivity index (χ0n) is 8.64. The molecule has 1 heterocycles. The maximum atomic E-state index is 11.6. The van der Waals surface area contributed by atoms with Gasteiger partial charge in [0.1, 0.15) is 0 Å². The first-order chi connectivity index (χ1) is 7.76. The molecule has 87 valence electrons. The molecule has 3 nitrogen and oxygen atoms in total. The van der Waals surface area contributed by atoms with Crippen LogP contribution in [0.25, 0.3) is 0 Å². The van der Waals surface area contributed by atoms with Gasteiger partial charge in [-0.05, 0) is 0 Å². The average Bonchev–Trinajstić information content (AvgIpc) is 2.29. The van der Waals surface area contributed by atoms with Crippen molar-refractivity contribution < 1.29 is 25.2 Å². The molecule has 1 aromatic carbocycles. The summed E-state index contributed by atoms with van der Waals surface area (Å²) in [6.45, 7) is 1.93. The van der Waals surface area contributed by atoms with E-state index in [9.17, 15) is 4.79 Å². The van der Waals surface area contributed by atoms with Crippen molar-refractivity contribution in [1.29, 1.82) is 0 Å². The Morgan fingerprint density at radius 1 is 1.62 bits per heavy atom. The third-order valence-electron chi connectivity index (χ3n) is 2.38. The van der Waals surface area contributed by atoms with Crippen molar-refractivity contribution in [2.24, 2.45) is 0 Å². The van der Waals surface area contributed by atoms with E-state index < -0.39 is 6.10 Å². The maximum absolute atomic E-state index is 11.6. The van der Waals surface area contributed by atoms with Gasteiger partial charge in [0.15, 0.2) is 0 Å². The number of hydrogen-bond donors (Lipinski definition) is 1. The molecule has 0 radical (unpaired) electrons. The van der Waals surface area contributed by atoms with Crippen molar-refractivity contribution in [3.05, 3.63) is 23.8 Å². The van der Waals surface area contributed by atoms with E-state index >= 15 is 0 Å². The molecule has 16 heavy (non-hydrogen) atoms. The third-order valence-corrected chi connectivity index (χ3v) is 3.56. The summed E-state index contributed by atoms with van der Waals surface area (Å²) >= 11 is -0.303. The van der Waals surface area contributed by atoms with E-state index in [0.717, 1.165) is 17.0 Å². The van der Waals surface area contributed by atoms with Gasteiger partial charge in [0.25, 0.3) is 0 Å². The van der Waals surface area contributed by atoms with Gasteiger partial charge in [-0.25, -0.2) is 0 Å². The van der Waals surface area contributed by atoms with Crippen LogP contribution < -0.4 is 10.1 Å². The van der Waals surface area contributed by atoms with Crippen molar-refractivity contribution in [2.45, 2.75) is 19.4 Å². The summed E-state index contributed by atoms with van der Waals surface area (Å²) in [5.41, 5.74) is 1.69. The number of fused-ring (bicyclic) bond motifs is 1. The molecular weight excluding hydrogens is 315 g/mol. The molecule has 0 fully saturated rings. The van der Waals surface area contributed by atoms with Gasteiger partial charge in [-0.3, -0.25) is 0 Å². The van der Waals surface area contributed by atoms with Crippen LogP contribution in [0, 0.1) is 0 Å². The molecule has 5 heteroatoms. The van der Waals surface area contributed by atoms with E-state index in [1.165, 1.54) is 0 Å². The third kappa shape index (κ3) is 2.18. The molecule has 2 rings (SSSR count). The SMILES string of the molecule is CCC1Oc2c([CH]=[Ru][Cl])cccc2NC1=O. The minimum atomic E-state index is -0.395. The molecule has 0 aliphatic carbocycles. The van der Waals surface area contributed by atoms with Crippen LogP contribution in [0.5, 0.6) is 5.75 Å². The summed E-state index contributed by atoms with van der Waals surface area (Å²) in [4.78, 5) is 11.6. The number of nitrogens with one attached hydrogen (secondary N) is 1. The average molecular weight is 326 g/mol. The Labute approximate surface area is 105 Å². The standard InChI is InChI=1S/C11H11NO2.ClH.Ru/c1-3-9-11(13)12-8-6-4-5-7(2)10(8)14-9;;/h2,4-6,9H,3H2,1H3,(H,12,13);1H;/q;;+1/p-1. The number of para-hydroxylation sites is 1. The first-order valence-electron chi connectivity index (χ1n) is 4.92. The number of benzene rings is 1. The van der Waals surface area contributed by atoms with Crippen molar-refractivity contribution in [2.75, 3.05) is 5.32 Å². The van der Waals surface area contributed by atoms with Crippen LogP contribution in [-0.2, 0) is 20.5 Å². The Morgan fingerprint density at radius 2 is 2.44 bits per heavy atom. The van der Waals surface area contributed by atoms with E-state index in [0.29, 0.717) is 6.42 Å². The van der Waals surface area contributed by atoms with Crippen LogP contribution >= 0.6 is 9.69 Å². The van der Waals surface area contributed by atoms with Crippen LogP contribution in [0.15, 0.2) is 18.2 Å². The Hall–Kier alpha value is -0.727. The zero-order chi connectivity index (χ0) is 11.5. The topological polar surface area (TPSA) is 38.3 Å². The molecule has 1 aromatic rings.